The van der Waals surface area contributed by atoms with E-state index < -0.39 is 24.3 Å². The average Bonchev–Trinajstić information content (AvgIpc) is 2.66. The zero-order chi connectivity index (χ0) is 16.1. The van der Waals surface area contributed by atoms with Gasteiger partial charge in [-0.25, -0.2) is 9.78 Å². The summed E-state index contributed by atoms with van der Waals surface area (Å²) in [6.07, 6.45) is 0. The molecule has 0 spiro atoms. The number of carboxylic acid groups (broad SMARTS) is 1. The number of nitrogens with zero attached hydrogens (tertiary/aromatic N) is 1. The second-order valence-electron chi connectivity index (χ2n) is 6.51. The molecular weight excluding hydrogens is 281 g/mol. The Hall–Kier alpha value is -1.92. The van der Waals surface area contributed by atoms with Gasteiger partial charge in [0.2, 0.25) is 0 Å². The highest BCUT2D eigenvalue weighted by Gasteiger charge is 2.52. The lowest BCUT2D eigenvalue weighted by molar-refractivity contribution is 0.00578. The molecule has 1 aliphatic rings. The molecule has 1 aromatic carbocycles. The SMILES string of the molecule is CC1(C)OB(c2cc(C(=O)O)nc3ccccc23)OC1(C)C. The first-order valence-corrected chi connectivity index (χ1v) is 7.20. The molecule has 1 N–H and O–H groups in total. The summed E-state index contributed by atoms with van der Waals surface area (Å²) in [6, 6.07) is 8.94. The van der Waals surface area contributed by atoms with E-state index in [1.165, 1.54) is 6.07 Å². The molecule has 2 heterocycles. The van der Waals surface area contributed by atoms with Crippen molar-refractivity contribution in [2.24, 2.45) is 0 Å². The van der Waals surface area contributed by atoms with Crippen molar-refractivity contribution in [3.05, 3.63) is 36.0 Å². The Labute approximate surface area is 129 Å². The number of hydrogen-bond donors (Lipinski definition) is 1. The first-order chi connectivity index (χ1) is 10.2. The largest absolute Gasteiger partial charge is 0.495 e. The van der Waals surface area contributed by atoms with E-state index in [1.54, 1.807) is 6.07 Å². The minimum atomic E-state index is -1.07. The third-order valence-corrected chi connectivity index (χ3v) is 4.47. The Morgan fingerprint density at radius 1 is 1.14 bits per heavy atom. The first-order valence-electron chi connectivity index (χ1n) is 7.20. The van der Waals surface area contributed by atoms with Gasteiger partial charge in [0.15, 0.2) is 0 Å². The number of benzene rings is 1. The van der Waals surface area contributed by atoms with Crippen LogP contribution in [0.1, 0.15) is 38.2 Å². The van der Waals surface area contributed by atoms with Gasteiger partial charge in [0.05, 0.1) is 16.7 Å². The van der Waals surface area contributed by atoms with E-state index >= 15 is 0 Å². The second kappa shape index (κ2) is 4.79. The van der Waals surface area contributed by atoms with E-state index in [-0.39, 0.29) is 5.69 Å². The zero-order valence-corrected chi connectivity index (χ0v) is 13.1. The van der Waals surface area contributed by atoms with Crippen molar-refractivity contribution in [3.63, 3.8) is 0 Å². The van der Waals surface area contributed by atoms with E-state index in [0.29, 0.717) is 11.0 Å². The minimum Gasteiger partial charge on any atom is -0.477 e. The van der Waals surface area contributed by atoms with Gasteiger partial charge in [-0.1, -0.05) is 18.2 Å². The number of aromatic nitrogens is 1. The Bertz CT molecular complexity index is 741. The quantitative estimate of drug-likeness (QED) is 0.861. The van der Waals surface area contributed by atoms with E-state index in [1.807, 2.05) is 45.9 Å². The molecule has 1 aromatic heterocycles. The number of aromatic carboxylic acids is 1. The van der Waals surface area contributed by atoms with E-state index in [4.69, 9.17) is 9.31 Å². The molecule has 0 bridgehead atoms. The van der Waals surface area contributed by atoms with E-state index in [9.17, 15) is 9.90 Å². The molecule has 5 nitrogen and oxygen atoms in total. The summed E-state index contributed by atoms with van der Waals surface area (Å²) in [5, 5.41) is 10.1. The van der Waals surface area contributed by atoms with E-state index in [2.05, 4.69) is 4.98 Å². The minimum absolute atomic E-state index is 0.0107. The predicted octanol–water partition coefficient (Wildman–Crippen LogP) is 2.23. The molecule has 1 saturated heterocycles. The molecule has 3 rings (SSSR count). The molecule has 2 aromatic rings. The highest BCUT2D eigenvalue weighted by Crippen LogP contribution is 2.37. The monoisotopic (exact) mass is 299 g/mol. The van der Waals surface area contributed by atoms with E-state index in [0.717, 1.165) is 5.39 Å². The molecule has 0 unspecified atom stereocenters. The van der Waals surface area contributed by atoms with Crippen LogP contribution >= 0.6 is 0 Å². The van der Waals surface area contributed by atoms with Gasteiger partial charge in [-0.2, -0.15) is 0 Å². The molecule has 0 saturated carbocycles. The summed E-state index contributed by atoms with van der Waals surface area (Å²) in [6.45, 7) is 7.87. The van der Waals surface area contributed by atoms with Crippen LogP contribution in [0.3, 0.4) is 0 Å². The summed E-state index contributed by atoms with van der Waals surface area (Å²) in [5.41, 5.74) is 0.341. The smallest absolute Gasteiger partial charge is 0.477 e. The third-order valence-electron chi connectivity index (χ3n) is 4.47. The van der Waals surface area contributed by atoms with Gasteiger partial charge in [-0.3, -0.25) is 0 Å². The van der Waals surface area contributed by atoms with Gasteiger partial charge in [0.1, 0.15) is 5.69 Å². The van der Waals surface area contributed by atoms with Crippen LogP contribution in [0.5, 0.6) is 0 Å². The number of carboxylic acids is 1. The normalized spacial score (nSPS) is 19.5. The number of carbonyl (C=O) groups is 1. The highest BCUT2D eigenvalue weighted by atomic mass is 16.7. The second-order valence-corrected chi connectivity index (χ2v) is 6.51. The van der Waals surface area contributed by atoms with Gasteiger partial charge in [-0.15, -0.1) is 0 Å². The number of para-hydroxylation sites is 1. The summed E-state index contributed by atoms with van der Waals surface area (Å²) >= 11 is 0. The number of fused-ring (bicyclic) bond motifs is 1. The Balaban J connectivity index is 2.17. The molecule has 0 radical (unpaired) electrons. The van der Waals surface area contributed by atoms with Crippen LogP contribution in [0.15, 0.2) is 30.3 Å². The van der Waals surface area contributed by atoms with Crippen LogP contribution < -0.4 is 5.46 Å². The van der Waals surface area contributed by atoms with Crippen molar-refractivity contribution in [1.29, 1.82) is 0 Å². The lowest BCUT2D eigenvalue weighted by atomic mass is 9.76. The van der Waals surface area contributed by atoms with Crippen LogP contribution in [0.25, 0.3) is 10.9 Å². The van der Waals surface area contributed by atoms with Gasteiger partial charge in [-0.05, 0) is 50.7 Å². The molecule has 0 aliphatic carbocycles. The van der Waals surface area contributed by atoms with Gasteiger partial charge in [0, 0.05) is 0 Å². The van der Waals surface area contributed by atoms with Crippen LogP contribution in [-0.4, -0.2) is 34.4 Å². The molecule has 0 atom stereocenters. The third kappa shape index (κ3) is 2.28. The molecule has 0 amide bonds. The Kier molecular flexibility index (Phi) is 3.27. The van der Waals surface area contributed by atoms with Crippen molar-refractivity contribution >= 4 is 29.5 Å². The lowest BCUT2D eigenvalue weighted by Crippen LogP contribution is -2.41. The van der Waals surface area contributed by atoms with Crippen LogP contribution in [-0.2, 0) is 9.31 Å². The molecule has 1 aliphatic heterocycles. The number of hydrogen-bond acceptors (Lipinski definition) is 4. The average molecular weight is 299 g/mol. The van der Waals surface area contributed by atoms with Gasteiger partial charge < -0.3 is 14.4 Å². The standard InChI is InChI=1S/C16H18BNO4/c1-15(2)16(3,4)22-17(21-15)11-9-13(14(19)20)18-12-8-6-5-7-10(11)12/h5-9H,1-4H3,(H,19,20). The highest BCUT2D eigenvalue weighted by molar-refractivity contribution is 6.65. The zero-order valence-electron chi connectivity index (χ0n) is 13.1. The maximum absolute atomic E-state index is 11.3. The van der Waals surface area contributed by atoms with Crippen molar-refractivity contribution in [2.75, 3.05) is 0 Å². The van der Waals surface area contributed by atoms with Crippen molar-refractivity contribution in [3.8, 4) is 0 Å². The maximum atomic E-state index is 11.3. The Morgan fingerprint density at radius 3 is 2.32 bits per heavy atom. The topological polar surface area (TPSA) is 68.7 Å². The van der Waals surface area contributed by atoms with Gasteiger partial charge >= 0.3 is 13.1 Å². The number of rotatable bonds is 2. The summed E-state index contributed by atoms with van der Waals surface area (Å²) in [7, 11) is -0.615. The fourth-order valence-electron chi connectivity index (χ4n) is 2.48. The molecule has 22 heavy (non-hydrogen) atoms. The maximum Gasteiger partial charge on any atom is 0.495 e. The van der Waals surface area contributed by atoms with Crippen molar-refractivity contribution < 1.29 is 19.2 Å². The summed E-state index contributed by atoms with van der Waals surface area (Å²) in [4.78, 5) is 15.5. The van der Waals surface area contributed by atoms with Gasteiger partial charge in [0.25, 0.3) is 0 Å². The molecule has 1 fully saturated rings. The Morgan fingerprint density at radius 2 is 1.73 bits per heavy atom. The van der Waals surface area contributed by atoms with Crippen molar-refractivity contribution in [1.82, 2.24) is 4.98 Å². The van der Waals surface area contributed by atoms with Crippen molar-refractivity contribution in [2.45, 2.75) is 38.9 Å². The number of pyridine rings is 1. The van der Waals surface area contributed by atoms with Crippen LogP contribution in [0, 0.1) is 0 Å². The predicted molar refractivity (Wildman–Crippen MR) is 84.4 cm³/mol. The fraction of sp³-hybridized carbons (Fsp3) is 0.375. The van der Waals surface area contributed by atoms with Crippen LogP contribution in [0.2, 0.25) is 0 Å². The molecule has 114 valence electrons. The summed E-state index contributed by atoms with van der Waals surface area (Å²) < 4.78 is 12.1. The molecular formula is C16H18BNO4. The lowest BCUT2D eigenvalue weighted by Gasteiger charge is -2.32. The summed E-state index contributed by atoms with van der Waals surface area (Å²) in [5.74, 6) is -1.07. The fourth-order valence-corrected chi connectivity index (χ4v) is 2.48. The van der Waals surface area contributed by atoms with Crippen LogP contribution in [0.4, 0.5) is 0 Å². The first kappa shape index (κ1) is 15.0. The molecule has 6 heteroatoms.